The molecular formula is C17H27ClN2O. The number of amides is 1. The lowest BCUT2D eigenvalue weighted by Gasteiger charge is -2.17. The van der Waals surface area contributed by atoms with Gasteiger partial charge in [-0.1, -0.05) is 75.6 Å². The van der Waals surface area contributed by atoms with E-state index in [9.17, 15) is 4.79 Å². The van der Waals surface area contributed by atoms with Gasteiger partial charge in [0.05, 0.1) is 10.7 Å². The maximum absolute atomic E-state index is 11.5. The number of para-hydroxylation sites is 1. The molecule has 0 bridgehead atoms. The summed E-state index contributed by atoms with van der Waals surface area (Å²) in [5.74, 6) is -0.319. The number of rotatable bonds is 11. The van der Waals surface area contributed by atoms with Crippen LogP contribution in [0.5, 0.6) is 0 Å². The number of hydrogen-bond donors (Lipinski definition) is 2. The molecule has 4 heteroatoms. The molecular weight excluding hydrogens is 284 g/mol. The van der Waals surface area contributed by atoms with E-state index in [2.05, 4.69) is 12.2 Å². The fourth-order valence-corrected chi connectivity index (χ4v) is 2.55. The molecule has 1 amide bonds. The highest BCUT2D eigenvalue weighted by Crippen LogP contribution is 2.22. The number of primary amides is 1. The van der Waals surface area contributed by atoms with E-state index < -0.39 is 0 Å². The topological polar surface area (TPSA) is 55.1 Å². The molecule has 0 saturated carbocycles. The first-order chi connectivity index (χ1) is 10.1. The molecule has 0 fully saturated rings. The van der Waals surface area contributed by atoms with Crippen LogP contribution < -0.4 is 11.1 Å². The number of unbranched alkanes of at least 4 members (excludes halogenated alkanes) is 6. The number of halogens is 1. The summed E-state index contributed by atoms with van der Waals surface area (Å²) in [7, 11) is 0. The van der Waals surface area contributed by atoms with Crippen molar-refractivity contribution in [1.82, 2.24) is 0 Å². The smallest absolute Gasteiger partial charge is 0.239 e. The minimum atomic E-state index is -0.347. The molecule has 0 radical (unpaired) electrons. The standard InChI is InChI=1S/C17H27ClN2O/c1-2-3-4-5-6-7-8-13-16(17(19)21)20-15-12-10-9-11-14(15)18/h9-12,16,20H,2-8,13H2,1H3,(H2,19,21). The molecule has 118 valence electrons. The van der Waals surface area contributed by atoms with Crippen molar-refractivity contribution in [1.29, 1.82) is 0 Å². The number of benzene rings is 1. The zero-order valence-corrected chi connectivity index (χ0v) is 13.7. The highest BCUT2D eigenvalue weighted by molar-refractivity contribution is 6.33. The summed E-state index contributed by atoms with van der Waals surface area (Å²) in [5.41, 5.74) is 6.24. The number of nitrogens with one attached hydrogen (secondary N) is 1. The van der Waals surface area contributed by atoms with Crippen LogP contribution in [0.15, 0.2) is 24.3 Å². The molecule has 0 spiro atoms. The van der Waals surface area contributed by atoms with E-state index >= 15 is 0 Å². The molecule has 0 aliphatic carbocycles. The lowest BCUT2D eigenvalue weighted by atomic mass is 10.0. The second kappa shape index (κ2) is 10.5. The molecule has 1 aromatic carbocycles. The largest absolute Gasteiger partial charge is 0.372 e. The Bertz CT molecular complexity index is 423. The molecule has 0 heterocycles. The van der Waals surface area contributed by atoms with E-state index in [4.69, 9.17) is 17.3 Å². The Balaban J connectivity index is 2.31. The molecule has 0 aliphatic heterocycles. The summed E-state index contributed by atoms with van der Waals surface area (Å²) in [5, 5.41) is 3.77. The van der Waals surface area contributed by atoms with E-state index in [1.165, 1.54) is 32.1 Å². The van der Waals surface area contributed by atoms with Gasteiger partial charge in [0.15, 0.2) is 0 Å². The highest BCUT2D eigenvalue weighted by Gasteiger charge is 2.15. The molecule has 0 aromatic heterocycles. The summed E-state index contributed by atoms with van der Waals surface area (Å²) < 4.78 is 0. The Morgan fingerprint density at radius 2 is 1.76 bits per heavy atom. The summed E-state index contributed by atoms with van der Waals surface area (Å²) >= 11 is 6.09. The van der Waals surface area contributed by atoms with Gasteiger partial charge in [-0.3, -0.25) is 4.79 Å². The van der Waals surface area contributed by atoms with Gasteiger partial charge in [-0.25, -0.2) is 0 Å². The van der Waals surface area contributed by atoms with Crippen LogP contribution >= 0.6 is 11.6 Å². The number of hydrogen-bond acceptors (Lipinski definition) is 2. The summed E-state index contributed by atoms with van der Waals surface area (Å²) in [6.07, 6.45) is 9.34. The monoisotopic (exact) mass is 310 g/mol. The third-order valence-electron chi connectivity index (χ3n) is 3.64. The van der Waals surface area contributed by atoms with Gasteiger partial charge in [-0.15, -0.1) is 0 Å². The Morgan fingerprint density at radius 3 is 2.38 bits per heavy atom. The quantitative estimate of drug-likeness (QED) is 0.580. The number of anilines is 1. The van der Waals surface area contributed by atoms with Crippen LogP contribution in [-0.4, -0.2) is 11.9 Å². The van der Waals surface area contributed by atoms with Gasteiger partial charge in [-0.2, -0.15) is 0 Å². The minimum absolute atomic E-state index is 0.319. The summed E-state index contributed by atoms with van der Waals surface area (Å²) in [6.45, 7) is 2.22. The molecule has 0 saturated heterocycles. The average Bonchev–Trinajstić information content (AvgIpc) is 2.46. The van der Waals surface area contributed by atoms with Crippen molar-refractivity contribution in [3.05, 3.63) is 29.3 Å². The van der Waals surface area contributed by atoms with Gasteiger partial charge in [0.25, 0.3) is 0 Å². The van der Waals surface area contributed by atoms with Gasteiger partial charge in [0.2, 0.25) is 5.91 Å². The third kappa shape index (κ3) is 7.37. The fraction of sp³-hybridized carbons (Fsp3) is 0.588. The van der Waals surface area contributed by atoms with Gasteiger partial charge in [-0.05, 0) is 18.6 Å². The Kier molecular flexibility index (Phi) is 8.91. The Morgan fingerprint density at radius 1 is 1.14 bits per heavy atom. The van der Waals surface area contributed by atoms with Crippen molar-refractivity contribution in [2.75, 3.05) is 5.32 Å². The maximum Gasteiger partial charge on any atom is 0.239 e. The lowest BCUT2D eigenvalue weighted by Crippen LogP contribution is -2.35. The van der Waals surface area contributed by atoms with E-state index in [1.807, 2.05) is 18.2 Å². The number of carbonyl (C=O) groups is 1. The zero-order valence-electron chi connectivity index (χ0n) is 12.9. The van der Waals surface area contributed by atoms with E-state index in [-0.39, 0.29) is 11.9 Å². The minimum Gasteiger partial charge on any atom is -0.372 e. The molecule has 1 aromatic rings. The molecule has 3 nitrogen and oxygen atoms in total. The predicted molar refractivity (Wildman–Crippen MR) is 90.7 cm³/mol. The first-order valence-corrected chi connectivity index (χ1v) is 8.33. The molecule has 3 N–H and O–H groups in total. The van der Waals surface area contributed by atoms with Gasteiger partial charge >= 0.3 is 0 Å². The first kappa shape index (κ1) is 17.8. The Labute approximate surface area is 133 Å². The zero-order chi connectivity index (χ0) is 15.5. The van der Waals surface area contributed by atoms with Crippen LogP contribution in [-0.2, 0) is 4.79 Å². The van der Waals surface area contributed by atoms with Crippen LogP contribution in [0.4, 0.5) is 5.69 Å². The molecule has 1 atom stereocenters. The lowest BCUT2D eigenvalue weighted by molar-refractivity contribution is -0.118. The fourth-order valence-electron chi connectivity index (χ4n) is 2.36. The van der Waals surface area contributed by atoms with Crippen LogP contribution in [0.1, 0.15) is 58.3 Å². The van der Waals surface area contributed by atoms with Crippen molar-refractivity contribution in [2.45, 2.75) is 64.3 Å². The predicted octanol–water partition coefficient (Wildman–Crippen LogP) is 4.75. The summed E-state index contributed by atoms with van der Waals surface area (Å²) in [4.78, 5) is 11.5. The second-order valence-corrected chi connectivity index (χ2v) is 5.90. The van der Waals surface area contributed by atoms with Crippen LogP contribution in [0, 0.1) is 0 Å². The molecule has 21 heavy (non-hydrogen) atoms. The van der Waals surface area contributed by atoms with Crippen molar-refractivity contribution >= 4 is 23.2 Å². The van der Waals surface area contributed by atoms with Crippen LogP contribution in [0.3, 0.4) is 0 Å². The van der Waals surface area contributed by atoms with Crippen molar-refractivity contribution in [2.24, 2.45) is 5.73 Å². The van der Waals surface area contributed by atoms with Gasteiger partial charge < -0.3 is 11.1 Å². The van der Waals surface area contributed by atoms with E-state index in [0.717, 1.165) is 24.9 Å². The molecule has 1 unspecified atom stereocenters. The van der Waals surface area contributed by atoms with Crippen molar-refractivity contribution in [3.63, 3.8) is 0 Å². The Hall–Kier alpha value is -1.22. The van der Waals surface area contributed by atoms with Crippen LogP contribution in [0.25, 0.3) is 0 Å². The maximum atomic E-state index is 11.5. The van der Waals surface area contributed by atoms with Crippen molar-refractivity contribution in [3.8, 4) is 0 Å². The van der Waals surface area contributed by atoms with E-state index in [0.29, 0.717) is 5.02 Å². The number of carbonyl (C=O) groups excluding carboxylic acids is 1. The number of nitrogens with two attached hydrogens (primary N) is 1. The second-order valence-electron chi connectivity index (χ2n) is 5.49. The normalized spacial score (nSPS) is 12.1. The van der Waals surface area contributed by atoms with E-state index in [1.54, 1.807) is 6.07 Å². The third-order valence-corrected chi connectivity index (χ3v) is 3.97. The summed E-state index contributed by atoms with van der Waals surface area (Å²) in [6, 6.07) is 7.07. The van der Waals surface area contributed by atoms with Gasteiger partial charge in [0, 0.05) is 0 Å². The molecule has 0 aliphatic rings. The SMILES string of the molecule is CCCCCCCCCC(Nc1ccccc1Cl)C(N)=O. The van der Waals surface area contributed by atoms with Gasteiger partial charge in [0.1, 0.15) is 6.04 Å². The van der Waals surface area contributed by atoms with Crippen LogP contribution in [0.2, 0.25) is 5.02 Å². The highest BCUT2D eigenvalue weighted by atomic mass is 35.5. The van der Waals surface area contributed by atoms with Crippen molar-refractivity contribution < 1.29 is 4.79 Å². The average molecular weight is 311 g/mol. The molecule has 1 rings (SSSR count). The first-order valence-electron chi connectivity index (χ1n) is 7.95.